The molecule has 0 radical (unpaired) electrons. The molecule has 0 aliphatic carbocycles. The summed E-state index contributed by atoms with van der Waals surface area (Å²) in [5.74, 6) is -0.886. The van der Waals surface area contributed by atoms with Gasteiger partial charge in [-0.15, -0.1) is 0 Å². The summed E-state index contributed by atoms with van der Waals surface area (Å²) in [5, 5.41) is 0. The lowest BCUT2D eigenvalue weighted by Crippen LogP contribution is -2.24. The van der Waals surface area contributed by atoms with Crippen molar-refractivity contribution in [1.82, 2.24) is 0 Å². The number of allylic oxidation sites excluding steroid dienone is 1. The number of benzene rings is 1. The summed E-state index contributed by atoms with van der Waals surface area (Å²) in [6.45, 7) is 2.53. The normalized spacial score (nSPS) is 18.3. The zero-order valence-electron chi connectivity index (χ0n) is 12.5. The maximum Gasteiger partial charge on any atom is 0.407 e. The van der Waals surface area contributed by atoms with Crippen molar-refractivity contribution in [2.75, 3.05) is 13.2 Å². The first-order valence-corrected chi connectivity index (χ1v) is 9.23. The molecule has 128 valence electrons. The van der Waals surface area contributed by atoms with Crippen LogP contribution in [0.5, 0.6) is 0 Å². The van der Waals surface area contributed by atoms with Crippen LogP contribution in [0.2, 0.25) is 0 Å². The van der Waals surface area contributed by atoms with Gasteiger partial charge in [0.25, 0.3) is 6.29 Å². The zero-order valence-corrected chi connectivity index (χ0v) is 15.0. The predicted octanol–water partition coefficient (Wildman–Crippen LogP) is 5.19. The molecule has 1 aliphatic rings. The monoisotopic (exact) mass is 412 g/mol. The van der Waals surface area contributed by atoms with E-state index in [1.165, 1.54) is 13.8 Å². The number of ether oxygens (including phenoxy) is 2. The van der Waals surface area contributed by atoms with Gasteiger partial charge in [-0.05, 0) is 19.9 Å². The number of hydrogen-bond donors (Lipinski definition) is 0. The Kier molecular flexibility index (Phi) is 5.84. The number of hydrogen-bond acceptors (Lipinski definition) is 5. The Bertz CT molecular complexity index is 627. The van der Waals surface area contributed by atoms with E-state index in [1.807, 2.05) is 0 Å². The van der Waals surface area contributed by atoms with Gasteiger partial charge in [-0.2, -0.15) is 8.78 Å². The van der Waals surface area contributed by atoms with Crippen LogP contribution in [0, 0.1) is 0 Å². The average molecular weight is 413 g/mol. The van der Waals surface area contributed by atoms with E-state index in [2.05, 4.69) is 15.9 Å². The van der Waals surface area contributed by atoms with Gasteiger partial charge in [-0.1, -0.05) is 34.1 Å². The Morgan fingerprint density at radius 3 is 2.43 bits per heavy atom. The van der Waals surface area contributed by atoms with Gasteiger partial charge in [-0.25, -0.2) is 0 Å². The van der Waals surface area contributed by atoms with Crippen LogP contribution in [0.3, 0.4) is 0 Å². The van der Waals surface area contributed by atoms with Crippen molar-refractivity contribution in [3.05, 3.63) is 46.3 Å². The third kappa shape index (κ3) is 3.60. The lowest BCUT2D eigenvalue weighted by atomic mass is 10.2. The minimum Gasteiger partial charge on any atom is -0.454 e. The van der Waals surface area contributed by atoms with Crippen LogP contribution in [0.1, 0.15) is 25.7 Å². The van der Waals surface area contributed by atoms with Gasteiger partial charge in [0.15, 0.2) is 0 Å². The Morgan fingerprint density at radius 2 is 1.87 bits per heavy atom. The molecule has 1 aliphatic heterocycles. The standard InChI is InChI=1S/C14H16BrF2O5P/c1-3-20-23(18,21-4-2)14(16,17)12-9-19-13(22-12)10-7-5-6-8-11(10)15/h5-9,13H,3-4H2,1-2H3. The van der Waals surface area contributed by atoms with Crippen LogP contribution in [0.25, 0.3) is 0 Å². The van der Waals surface area contributed by atoms with E-state index in [1.54, 1.807) is 24.3 Å². The van der Waals surface area contributed by atoms with Gasteiger partial charge in [0.1, 0.15) is 6.26 Å². The second-order valence-corrected chi connectivity index (χ2v) is 7.39. The van der Waals surface area contributed by atoms with E-state index in [0.29, 0.717) is 10.0 Å². The van der Waals surface area contributed by atoms with Gasteiger partial charge in [0, 0.05) is 10.0 Å². The minimum atomic E-state index is -4.72. The van der Waals surface area contributed by atoms with Crippen molar-refractivity contribution in [2.24, 2.45) is 0 Å². The molecular weight excluding hydrogens is 397 g/mol. The molecule has 1 unspecified atom stereocenters. The van der Waals surface area contributed by atoms with Crippen LogP contribution in [-0.4, -0.2) is 18.9 Å². The molecule has 23 heavy (non-hydrogen) atoms. The molecule has 1 aromatic carbocycles. The second kappa shape index (κ2) is 7.30. The van der Waals surface area contributed by atoms with Crippen LogP contribution >= 0.6 is 23.5 Å². The van der Waals surface area contributed by atoms with Crippen molar-refractivity contribution in [3.8, 4) is 0 Å². The minimum absolute atomic E-state index is 0.186. The summed E-state index contributed by atoms with van der Waals surface area (Å²) in [6, 6.07) is 6.87. The molecule has 0 N–H and O–H groups in total. The quantitative estimate of drug-likeness (QED) is 0.576. The molecule has 0 saturated heterocycles. The summed E-state index contributed by atoms with van der Waals surface area (Å²) in [6.07, 6.45) is -0.322. The number of rotatable bonds is 7. The first-order valence-electron chi connectivity index (χ1n) is 6.90. The van der Waals surface area contributed by atoms with Crippen molar-refractivity contribution in [1.29, 1.82) is 0 Å². The van der Waals surface area contributed by atoms with Crippen LogP contribution in [0.4, 0.5) is 8.78 Å². The van der Waals surface area contributed by atoms with Crippen LogP contribution in [0.15, 0.2) is 40.8 Å². The SMILES string of the molecule is CCOP(=O)(OCC)C(F)(F)C1=COC(c2ccccc2Br)O1. The van der Waals surface area contributed by atoms with Gasteiger partial charge < -0.3 is 18.5 Å². The third-order valence-electron chi connectivity index (χ3n) is 2.93. The van der Waals surface area contributed by atoms with Crippen molar-refractivity contribution >= 4 is 23.5 Å². The van der Waals surface area contributed by atoms with Gasteiger partial charge >= 0.3 is 13.3 Å². The summed E-state index contributed by atoms with van der Waals surface area (Å²) in [4.78, 5) is 0. The van der Waals surface area contributed by atoms with Gasteiger partial charge in [-0.3, -0.25) is 4.57 Å². The summed E-state index contributed by atoms with van der Waals surface area (Å²) < 4.78 is 61.8. The lowest BCUT2D eigenvalue weighted by molar-refractivity contribution is -0.0658. The topological polar surface area (TPSA) is 54.0 Å². The van der Waals surface area contributed by atoms with E-state index in [-0.39, 0.29) is 13.2 Å². The largest absolute Gasteiger partial charge is 0.454 e. The van der Waals surface area contributed by atoms with E-state index in [9.17, 15) is 13.3 Å². The smallest absolute Gasteiger partial charge is 0.407 e. The molecule has 0 fully saturated rings. The first-order chi connectivity index (χ1) is 10.9. The zero-order chi connectivity index (χ0) is 17.1. The summed E-state index contributed by atoms with van der Waals surface area (Å²) in [5.41, 5.74) is -3.42. The first kappa shape index (κ1) is 18.4. The summed E-state index contributed by atoms with van der Waals surface area (Å²) in [7, 11) is -4.72. The fraction of sp³-hybridized carbons (Fsp3) is 0.429. The number of halogens is 3. The second-order valence-electron chi connectivity index (χ2n) is 4.46. The van der Waals surface area contributed by atoms with Gasteiger partial charge in [0.05, 0.1) is 13.2 Å². The third-order valence-corrected chi connectivity index (χ3v) is 5.76. The number of alkyl halides is 2. The molecule has 0 bridgehead atoms. The average Bonchev–Trinajstić information content (AvgIpc) is 2.98. The molecule has 1 atom stereocenters. The highest BCUT2D eigenvalue weighted by atomic mass is 79.9. The molecule has 0 amide bonds. The highest BCUT2D eigenvalue weighted by Gasteiger charge is 2.60. The van der Waals surface area contributed by atoms with Crippen molar-refractivity contribution in [3.63, 3.8) is 0 Å². The maximum absolute atomic E-state index is 14.5. The molecule has 9 heteroatoms. The fourth-order valence-corrected chi connectivity index (χ4v) is 3.84. The summed E-state index contributed by atoms with van der Waals surface area (Å²) >= 11 is 3.29. The van der Waals surface area contributed by atoms with E-state index in [0.717, 1.165) is 6.26 Å². The highest BCUT2D eigenvalue weighted by molar-refractivity contribution is 9.10. The highest BCUT2D eigenvalue weighted by Crippen LogP contribution is 2.65. The molecular formula is C14H16BrF2O5P. The van der Waals surface area contributed by atoms with Crippen LogP contribution in [-0.2, 0) is 23.1 Å². The molecule has 2 rings (SSSR count). The molecule has 0 saturated carbocycles. The molecule has 0 spiro atoms. The van der Waals surface area contributed by atoms with Crippen molar-refractivity contribution in [2.45, 2.75) is 25.8 Å². The Hall–Kier alpha value is -0.950. The predicted molar refractivity (Wildman–Crippen MR) is 82.9 cm³/mol. The van der Waals surface area contributed by atoms with Crippen molar-refractivity contribution < 1.29 is 31.9 Å². The van der Waals surface area contributed by atoms with E-state index in [4.69, 9.17) is 18.5 Å². The van der Waals surface area contributed by atoms with Gasteiger partial charge in [0.2, 0.25) is 5.76 Å². The molecule has 1 aromatic rings. The molecule has 0 aromatic heterocycles. The molecule has 1 heterocycles. The molecule has 5 nitrogen and oxygen atoms in total. The van der Waals surface area contributed by atoms with Crippen LogP contribution < -0.4 is 0 Å². The lowest BCUT2D eigenvalue weighted by Gasteiger charge is -2.25. The maximum atomic E-state index is 14.5. The van der Waals surface area contributed by atoms with E-state index < -0.39 is 25.3 Å². The Balaban J connectivity index is 2.22. The fourth-order valence-electron chi connectivity index (χ4n) is 1.91. The van der Waals surface area contributed by atoms with E-state index >= 15 is 0 Å². The Morgan fingerprint density at radius 1 is 1.26 bits per heavy atom. The Labute approximate surface area is 141 Å².